The Kier molecular flexibility index (Phi) is 9.71. The number of amides is 4. The molecule has 1 aliphatic heterocycles. The van der Waals surface area contributed by atoms with E-state index in [9.17, 15) is 24.0 Å². The fourth-order valence-electron chi connectivity index (χ4n) is 4.64. The zero-order valence-electron chi connectivity index (χ0n) is 25.1. The summed E-state index contributed by atoms with van der Waals surface area (Å²) in [6.07, 6.45) is -0.906. The number of thioether (sulfide) groups is 1. The number of fused-ring (bicyclic) bond motifs is 1. The van der Waals surface area contributed by atoms with Crippen molar-refractivity contribution in [1.82, 2.24) is 30.0 Å². The van der Waals surface area contributed by atoms with E-state index in [2.05, 4.69) is 15.5 Å². The van der Waals surface area contributed by atoms with Gasteiger partial charge in [0.1, 0.15) is 11.8 Å². The molecule has 46 heavy (non-hydrogen) atoms. The number of benzene rings is 3. The summed E-state index contributed by atoms with van der Waals surface area (Å²) >= 11 is 0.852. The highest BCUT2D eigenvalue weighted by Crippen LogP contribution is 2.27. The van der Waals surface area contributed by atoms with E-state index in [4.69, 9.17) is 9.47 Å². The van der Waals surface area contributed by atoms with Crippen LogP contribution in [-0.2, 0) is 9.53 Å². The number of para-hydroxylation sites is 1. The van der Waals surface area contributed by atoms with Crippen LogP contribution in [-0.4, -0.2) is 85.0 Å². The number of ether oxygens (including phenoxy) is 2. The van der Waals surface area contributed by atoms with Crippen LogP contribution >= 0.6 is 11.8 Å². The zero-order valence-corrected chi connectivity index (χ0v) is 25.9. The van der Waals surface area contributed by atoms with Crippen molar-refractivity contribution in [3.05, 3.63) is 90.0 Å². The maximum atomic E-state index is 13.6. The molecule has 4 amide bonds. The molecule has 0 saturated heterocycles. The first-order valence-corrected chi connectivity index (χ1v) is 15.1. The summed E-state index contributed by atoms with van der Waals surface area (Å²) in [7, 11) is 0. The van der Waals surface area contributed by atoms with E-state index in [1.807, 2.05) is 13.8 Å². The van der Waals surface area contributed by atoms with Gasteiger partial charge in [-0.25, -0.2) is 14.5 Å². The Morgan fingerprint density at radius 3 is 2.20 bits per heavy atom. The Labute approximate surface area is 267 Å². The van der Waals surface area contributed by atoms with Gasteiger partial charge in [-0.05, 0) is 73.7 Å². The maximum Gasteiger partial charge on any atom is 0.420 e. The number of anilines is 1. The summed E-state index contributed by atoms with van der Waals surface area (Å²) in [6, 6.07) is 19.7. The van der Waals surface area contributed by atoms with Crippen molar-refractivity contribution in [3.8, 4) is 11.4 Å². The number of esters is 1. The minimum Gasteiger partial charge on any atom is -0.442 e. The Bertz CT molecular complexity index is 1740. The molecule has 0 N–H and O–H groups in total. The lowest BCUT2D eigenvalue weighted by Crippen LogP contribution is -2.47. The molecule has 1 atom stereocenters. The first kappa shape index (κ1) is 31.8. The van der Waals surface area contributed by atoms with Crippen LogP contribution in [0.3, 0.4) is 0 Å². The van der Waals surface area contributed by atoms with Crippen LogP contribution in [0.15, 0.2) is 84.0 Å². The smallest absolute Gasteiger partial charge is 0.420 e. The van der Waals surface area contributed by atoms with E-state index in [0.717, 1.165) is 21.6 Å². The summed E-state index contributed by atoms with van der Waals surface area (Å²) in [6.45, 7) is 5.53. The number of hydrogen-bond acceptors (Lipinski definition) is 11. The van der Waals surface area contributed by atoms with Crippen molar-refractivity contribution < 1.29 is 33.4 Å². The average molecular weight is 644 g/mol. The van der Waals surface area contributed by atoms with Crippen LogP contribution in [0.5, 0.6) is 5.75 Å². The van der Waals surface area contributed by atoms with Crippen molar-refractivity contribution in [1.29, 1.82) is 0 Å². The molecule has 1 unspecified atom stereocenters. The van der Waals surface area contributed by atoms with Crippen molar-refractivity contribution in [3.63, 3.8) is 0 Å². The number of tetrazole rings is 1. The van der Waals surface area contributed by atoms with Gasteiger partial charge in [-0.2, -0.15) is 4.68 Å². The van der Waals surface area contributed by atoms with E-state index in [1.54, 1.807) is 71.6 Å². The molecule has 0 saturated carbocycles. The van der Waals surface area contributed by atoms with Crippen molar-refractivity contribution >= 4 is 46.6 Å². The van der Waals surface area contributed by atoms with E-state index in [-0.39, 0.29) is 33.0 Å². The standard InChI is InChI=1S/C31H29N7O7S/c1-4-35(5-2)31(43)46-29-32-33-34-38(29)22-13-11-12-21(18-22)37(30(42)45-23-14-7-6-8-15-23)20(3)28(41)44-19-36-26(39)24-16-9-10-17-25(24)27(36)40/h6-18,20H,4-5,19H2,1-3H3. The second kappa shape index (κ2) is 14.0. The quantitative estimate of drug-likeness (QED) is 0.137. The van der Waals surface area contributed by atoms with Crippen LogP contribution in [0.25, 0.3) is 5.69 Å². The Balaban J connectivity index is 1.40. The third-order valence-corrected chi connectivity index (χ3v) is 7.95. The molecular formula is C31H29N7O7S. The zero-order chi connectivity index (χ0) is 32.8. The molecule has 15 heteroatoms. The van der Waals surface area contributed by atoms with E-state index < -0.39 is 36.6 Å². The van der Waals surface area contributed by atoms with Crippen LogP contribution in [0.1, 0.15) is 41.5 Å². The minimum atomic E-state index is -1.28. The molecule has 0 spiro atoms. The molecule has 3 aromatic carbocycles. The highest BCUT2D eigenvalue weighted by Gasteiger charge is 2.37. The van der Waals surface area contributed by atoms with Gasteiger partial charge in [0.2, 0.25) is 5.16 Å². The lowest BCUT2D eigenvalue weighted by Gasteiger charge is -2.28. The predicted octanol–water partition coefficient (Wildman–Crippen LogP) is 4.41. The third kappa shape index (κ3) is 6.58. The first-order chi connectivity index (χ1) is 22.2. The third-order valence-electron chi connectivity index (χ3n) is 7.08. The molecule has 0 radical (unpaired) electrons. The molecule has 1 aromatic heterocycles. The van der Waals surface area contributed by atoms with Gasteiger partial charge in [-0.3, -0.25) is 19.3 Å². The van der Waals surface area contributed by atoms with Crippen molar-refractivity contribution in [2.24, 2.45) is 0 Å². The van der Waals surface area contributed by atoms with Crippen LogP contribution in [0.2, 0.25) is 0 Å². The van der Waals surface area contributed by atoms with Gasteiger partial charge in [-0.15, -0.1) is 5.10 Å². The van der Waals surface area contributed by atoms with Gasteiger partial charge >= 0.3 is 12.1 Å². The molecule has 236 valence electrons. The Morgan fingerprint density at radius 2 is 1.54 bits per heavy atom. The number of carbonyl (C=O) groups is 5. The highest BCUT2D eigenvalue weighted by molar-refractivity contribution is 8.13. The van der Waals surface area contributed by atoms with Crippen LogP contribution in [0, 0.1) is 0 Å². The fraction of sp³-hybridized carbons (Fsp3) is 0.226. The van der Waals surface area contributed by atoms with E-state index >= 15 is 0 Å². The normalized spacial score (nSPS) is 12.8. The summed E-state index contributed by atoms with van der Waals surface area (Å²) < 4.78 is 12.3. The van der Waals surface area contributed by atoms with Crippen LogP contribution < -0.4 is 9.64 Å². The molecule has 5 rings (SSSR count). The second-order valence-electron chi connectivity index (χ2n) is 9.84. The number of nitrogens with zero attached hydrogens (tertiary/aromatic N) is 7. The topological polar surface area (TPSA) is 157 Å². The Morgan fingerprint density at radius 1 is 0.891 bits per heavy atom. The summed E-state index contributed by atoms with van der Waals surface area (Å²) in [5, 5.41) is 11.7. The summed E-state index contributed by atoms with van der Waals surface area (Å²) in [5.74, 6) is -1.86. The molecule has 0 bridgehead atoms. The monoisotopic (exact) mass is 643 g/mol. The lowest BCUT2D eigenvalue weighted by atomic mass is 10.1. The fourth-order valence-corrected chi connectivity index (χ4v) is 5.49. The van der Waals surface area contributed by atoms with Gasteiger partial charge in [0, 0.05) is 24.9 Å². The summed E-state index contributed by atoms with van der Waals surface area (Å²) in [5.41, 5.74) is 1.02. The molecular weight excluding hydrogens is 614 g/mol. The minimum absolute atomic E-state index is 0.195. The largest absolute Gasteiger partial charge is 0.442 e. The average Bonchev–Trinajstić information content (AvgIpc) is 3.62. The SMILES string of the molecule is CCN(CC)C(=O)Sc1nnnn1-c1cccc(N(C(=O)Oc2ccccc2)C(C)C(=O)OCN2C(=O)c3ccccc3C2=O)c1. The van der Waals surface area contributed by atoms with Gasteiger partial charge in [0.15, 0.2) is 6.73 Å². The van der Waals surface area contributed by atoms with Crippen molar-refractivity contribution in [2.75, 3.05) is 24.7 Å². The molecule has 4 aromatic rings. The van der Waals surface area contributed by atoms with Gasteiger partial charge < -0.3 is 14.4 Å². The number of imide groups is 1. The number of aromatic nitrogens is 4. The van der Waals surface area contributed by atoms with E-state index in [0.29, 0.717) is 18.8 Å². The molecule has 2 heterocycles. The maximum absolute atomic E-state index is 13.6. The van der Waals surface area contributed by atoms with Gasteiger partial charge in [0.25, 0.3) is 17.1 Å². The van der Waals surface area contributed by atoms with Gasteiger partial charge in [0.05, 0.1) is 22.5 Å². The predicted molar refractivity (Wildman–Crippen MR) is 166 cm³/mol. The lowest BCUT2D eigenvalue weighted by molar-refractivity contribution is -0.147. The second-order valence-corrected chi connectivity index (χ2v) is 10.8. The number of hydrogen-bond donors (Lipinski definition) is 0. The number of rotatable bonds is 10. The molecule has 14 nitrogen and oxygen atoms in total. The van der Waals surface area contributed by atoms with E-state index in [1.165, 1.54) is 23.7 Å². The molecule has 0 fully saturated rings. The molecule has 1 aliphatic rings. The molecule has 0 aliphatic carbocycles. The first-order valence-electron chi connectivity index (χ1n) is 14.3. The van der Waals surface area contributed by atoms with Gasteiger partial charge in [-0.1, -0.05) is 36.4 Å². The highest BCUT2D eigenvalue weighted by atomic mass is 32.2. The van der Waals surface area contributed by atoms with Crippen molar-refractivity contribution in [2.45, 2.75) is 32.0 Å². The number of carbonyl (C=O) groups excluding carboxylic acids is 5. The van der Waals surface area contributed by atoms with Crippen LogP contribution in [0.4, 0.5) is 15.3 Å². The Hall–Kier alpha value is -5.57. The summed E-state index contributed by atoms with van der Waals surface area (Å²) in [4.78, 5) is 68.7.